The van der Waals surface area contributed by atoms with Gasteiger partial charge in [-0.3, -0.25) is 19.7 Å². The smallest absolute Gasteiger partial charge is 0.416 e. The number of nitrogens with one attached hydrogen (secondary N) is 1. The fourth-order valence-electron chi connectivity index (χ4n) is 4.51. The minimum Gasteiger partial charge on any atom is -0.480 e. The fourth-order valence-corrected chi connectivity index (χ4v) is 4.68. The Morgan fingerprint density at radius 2 is 1.84 bits per heavy atom. The Balaban J connectivity index is 1.83. The number of hydrogen-bond donors (Lipinski definition) is 2. The zero-order valence-corrected chi connectivity index (χ0v) is 17.7. The number of carboxylic acid groups (broad SMARTS) is 1. The van der Waals surface area contributed by atoms with Gasteiger partial charge in [0.05, 0.1) is 23.1 Å². The average molecular weight is 467 g/mol. The molecule has 0 saturated carbocycles. The molecule has 2 aromatic carbocycles. The monoisotopic (exact) mass is 466 g/mol. The van der Waals surface area contributed by atoms with Gasteiger partial charge in [0.25, 0.3) is 0 Å². The number of carbonyl (C=O) groups is 3. The van der Waals surface area contributed by atoms with Crippen molar-refractivity contribution in [3.63, 3.8) is 0 Å². The maximum atomic E-state index is 13.4. The number of aliphatic carboxylic acids is 1. The zero-order chi connectivity index (χ0) is 23.6. The van der Waals surface area contributed by atoms with E-state index in [-0.39, 0.29) is 11.3 Å². The minimum atomic E-state index is -4.62. The topological polar surface area (TPSA) is 86.7 Å². The van der Waals surface area contributed by atoms with Gasteiger partial charge in [-0.05, 0) is 49.2 Å². The van der Waals surface area contributed by atoms with E-state index in [0.29, 0.717) is 10.6 Å². The van der Waals surface area contributed by atoms with E-state index in [1.54, 1.807) is 13.0 Å². The average Bonchev–Trinajstić information content (AvgIpc) is 3.18. The quantitative estimate of drug-likeness (QED) is 0.669. The third-order valence-electron chi connectivity index (χ3n) is 6.22. The van der Waals surface area contributed by atoms with Crippen molar-refractivity contribution in [2.24, 2.45) is 11.8 Å². The standard InChI is InChI=1S/C22H18ClF3N2O4/c1-10-6-7-13(9-14(10)23)28-18(29)15-16(19(28)30)21(2,20(31)32)27-17(15)11-4-3-5-12(8-11)22(24,25)26/h3-9,15-17,27H,1-2H3,(H,31,32). The van der Waals surface area contributed by atoms with Gasteiger partial charge in [-0.25, -0.2) is 4.90 Å². The van der Waals surface area contributed by atoms with Crippen molar-refractivity contribution in [1.29, 1.82) is 0 Å². The van der Waals surface area contributed by atoms with Crippen molar-refractivity contribution >= 4 is 35.1 Å². The summed E-state index contributed by atoms with van der Waals surface area (Å²) in [6.07, 6.45) is -4.62. The Morgan fingerprint density at radius 1 is 1.16 bits per heavy atom. The van der Waals surface area contributed by atoms with Crippen LogP contribution in [0.4, 0.5) is 18.9 Å². The predicted octanol–water partition coefficient (Wildman–Crippen LogP) is 3.96. The molecule has 4 rings (SSSR count). The molecule has 168 valence electrons. The normalized spacial score (nSPS) is 27.7. The SMILES string of the molecule is Cc1ccc(N2C(=O)C3C(c4cccc(C(F)(F)F)c4)NC(C)(C(=O)O)C3C2=O)cc1Cl. The first-order valence-corrected chi connectivity index (χ1v) is 10.1. The second-order valence-electron chi connectivity index (χ2n) is 8.20. The van der Waals surface area contributed by atoms with Crippen molar-refractivity contribution in [2.75, 3.05) is 4.90 Å². The molecule has 2 aromatic rings. The highest BCUT2D eigenvalue weighted by Crippen LogP contribution is 2.50. The molecule has 4 unspecified atom stereocenters. The molecule has 2 amide bonds. The molecule has 0 aromatic heterocycles. The van der Waals surface area contributed by atoms with Crippen LogP contribution >= 0.6 is 11.6 Å². The lowest BCUT2D eigenvalue weighted by Crippen LogP contribution is -2.53. The van der Waals surface area contributed by atoms with Gasteiger partial charge >= 0.3 is 12.1 Å². The second-order valence-corrected chi connectivity index (χ2v) is 8.61. The third-order valence-corrected chi connectivity index (χ3v) is 6.63. The lowest BCUT2D eigenvalue weighted by molar-refractivity contribution is -0.147. The van der Waals surface area contributed by atoms with Gasteiger partial charge in [0.1, 0.15) is 5.54 Å². The summed E-state index contributed by atoms with van der Waals surface area (Å²) in [5, 5.41) is 12.9. The number of benzene rings is 2. The Kier molecular flexibility index (Phi) is 5.09. The first kappa shape index (κ1) is 22.3. The summed E-state index contributed by atoms with van der Waals surface area (Å²) in [6.45, 7) is 3.00. The molecule has 0 spiro atoms. The summed E-state index contributed by atoms with van der Waals surface area (Å²) >= 11 is 6.14. The lowest BCUT2D eigenvalue weighted by Gasteiger charge is -2.27. The van der Waals surface area contributed by atoms with Crippen LogP contribution in [0, 0.1) is 18.8 Å². The van der Waals surface area contributed by atoms with E-state index >= 15 is 0 Å². The minimum absolute atomic E-state index is 0.0738. The van der Waals surface area contributed by atoms with Crippen molar-refractivity contribution in [3.8, 4) is 0 Å². The van der Waals surface area contributed by atoms with Gasteiger partial charge in [-0.2, -0.15) is 13.2 Å². The van der Waals surface area contributed by atoms with Crippen molar-refractivity contribution < 1.29 is 32.7 Å². The summed E-state index contributed by atoms with van der Waals surface area (Å²) < 4.78 is 39.7. The first-order chi connectivity index (χ1) is 14.9. The van der Waals surface area contributed by atoms with Crippen LogP contribution in [0.15, 0.2) is 42.5 Å². The van der Waals surface area contributed by atoms with Crippen LogP contribution in [0.2, 0.25) is 5.02 Å². The van der Waals surface area contributed by atoms with E-state index in [2.05, 4.69) is 5.32 Å². The van der Waals surface area contributed by atoms with Crippen LogP contribution in [0.1, 0.15) is 29.7 Å². The van der Waals surface area contributed by atoms with Crippen LogP contribution in [0.5, 0.6) is 0 Å². The van der Waals surface area contributed by atoms with Crippen LogP contribution in [0.3, 0.4) is 0 Å². The molecule has 2 aliphatic heterocycles. The van der Waals surface area contributed by atoms with Crippen LogP contribution in [0.25, 0.3) is 0 Å². The van der Waals surface area contributed by atoms with E-state index in [4.69, 9.17) is 11.6 Å². The summed E-state index contributed by atoms with van der Waals surface area (Å²) in [7, 11) is 0. The van der Waals surface area contributed by atoms with Crippen molar-refractivity contribution in [1.82, 2.24) is 5.32 Å². The van der Waals surface area contributed by atoms with E-state index in [0.717, 1.165) is 17.0 Å². The van der Waals surface area contributed by atoms with Crippen LogP contribution in [-0.2, 0) is 20.6 Å². The molecule has 2 saturated heterocycles. The molecule has 2 N–H and O–H groups in total. The Morgan fingerprint density at radius 3 is 2.44 bits per heavy atom. The number of halogens is 4. The van der Waals surface area contributed by atoms with Crippen LogP contribution < -0.4 is 10.2 Å². The van der Waals surface area contributed by atoms with E-state index in [9.17, 15) is 32.7 Å². The van der Waals surface area contributed by atoms with Gasteiger partial charge in [-0.1, -0.05) is 29.8 Å². The number of hydrogen-bond acceptors (Lipinski definition) is 4. The highest BCUT2D eigenvalue weighted by atomic mass is 35.5. The van der Waals surface area contributed by atoms with Gasteiger partial charge in [0, 0.05) is 11.1 Å². The first-order valence-electron chi connectivity index (χ1n) is 9.68. The molecular formula is C22H18ClF3N2O4. The van der Waals surface area contributed by atoms with Gasteiger partial charge < -0.3 is 5.11 Å². The number of nitrogens with zero attached hydrogens (tertiary/aromatic N) is 1. The number of fused-ring (bicyclic) bond motifs is 1. The predicted molar refractivity (Wildman–Crippen MR) is 109 cm³/mol. The molecule has 32 heavy (non-hydrogen) atoms. The molecule has 10 heteroatoms. The zero-order valence-electron chi connectivity index (χ0n) is 16.9. The lowest BCUT2D eigenvalue weighted by atomic mass is 9.80. The number of anilines is 1. The molecule has 2 fully saturated rings. The molecule has 4 atom stereocenters. The van der Waals surface area contributed by atoms with E-state index in [1.165, 1.54) is 31.2 Å². The number of rotatable bonds is 3. The number of carboxylic acids is 1. The number of carbonyl (C=O) groups excluding carboxylic acids is 2. The maximum absolute atomic E-state index is 13.4. The second kappa shape index (κ2) is 7.31. The van der Waals surface area contributed by atoms with Crippen molar-refractivity contribution in [2.45, 2.75) is 31.6 Å². The fraction of sp³-hybridized carbons (Fsp3) is 0.318. The Bertz CT molecular complexity index is 1150. The molecule has 0 bridgehead atoms. The molecule has 0 radical (unpaired) electrons. The Hall–Kier alpha value is -2.91. The third kappa shape index (κ3) is 3.27. The van der Waals surface area contributed by atoms with Gasteiger partial charge in [0.15, 0.2) is 0 Å². The van der Waals surface area contributed by atoms with E-state index < -0.39 is 52.9 Å². The molecular weight excluding hydrogens is 449 g/mol. The largest absolute Gasteiger partial charge is 0.480 e. The van der Waals surface area contributed by atoms with Crippen molar-refractivity contribution in [3.05, 3.63) is 64.2 Å². The summed E-state index contributed by atoms with van der Waals surface area (Å²) in [5.74, 6) is -5.34. The number of alkyl halides is 3. The summed E-state index contributed by atoms with van der Waals surface area (Å²) in [6, 6.07) is 7.77. The molecule has 0 aliphatic carbocycles. The summed E-state index contributed by atoms with van der Waals surface area (Å²) in [4.78, 5) is 39.7. The highest BCUT2D eigenvalue weighted by Gasteiger charge is 2.67. The van der Waals surface area contributed by atoms with Gasteiger partial charge in [-0.15, -0.1) is 0 Å². The molecule has 2 heterocycles. The molecule has 6 nitrogen and oxygen atoms in total. The van der Waals surface area contributed by atoms with Crippen LogP contribution in [-0.4, -0.2) is 28.4 Å². The molecule has 2 aliphatic rings. The number of amides is 2. The maximum Gasteiger partial charge on any atom is 0.416 e. The number of imide groups is 1. The van der Waals surface area contributed by atoms with E-state index in [1.807, 2.05) is 0 Å². The Labute approximate surface area is 186 Å². The highest BCUT2D eigenvalue weighted by molar-refractivity contribution is 6.32. The summed E-state index contributed by atoms with van der Waals surface area (Å²) in [5.41, 5.74) is -1.82. The number of aryl methyl sites for hydroxylation is 1. The van der Waals surface area contributed by atoms with Gasteiger partial charge in [0.2, 0.25) is 11.8 Å².